The maximum atomic E-state index is 11.8. The van der Waals surface area contributed by atoms with E-state index in [1.165, 1.54) is 0 Å². The summed E-state index contributed by atoms with van der Waals surface area (Å²) in [6.07, 6.45) is 0.835. The summed E-state index contributed by atoms with van der Waals surface area (Å²) in [5.41, 5.74) is 0.765. The van der Waals surface area contributed by atoms with Gasteiger partial charge in [-0.1, -0.05) is 12.1 Å². The molecule has 1 aliphatic rings. The highest BCUT2D eigenvalue weighted by Crippen LogP contribution is 2.31. The second kappa shape index (κ2) is 5.53. The molecule has 4 nitrogen and oxygen atoms in total. The summed E-state index contributed by atoms with van der Waals surface area (Å²) >= 11 is 4.35. The van der Waals surface area contributed by atoms with Gasteiger partial charge in [0, 0.05) is 17.7 Å². The predicted molar refractivity (Wildman–Crippen MR) is 67.2 cm³/mol. The first-order valence-corrected chi connectivity index (χ1v) is 6.01. The molecule has 0 aliphatic carbocycles. The van der Waals surface area contributed by atoms with E-state index in [9.17, 15) is 4.79 Å². The Balaban J connectivity index is 2.22. The van der Waals surface area contributed by atoms with E-state index in [4.69, 9.17) is 9.84 Å². The third-order valence-electron chi connectivity index (χ3n) is 2.70. The minimum Gasteiger partial charge on any atom is -0.394 e. The van der Waals surface area contributed by atoms with E-state index in [0.29, 0.717) is 12.8 Å². The zero-order chi connectivity index (χ0) is 12.3. The zero-order valence-corrected chi connectivity index (χ0v) is 10.3. The molecule has 1 unspecified atom stereocenters. The molecule has 1 fully saturated rings. The molecule has 1 atom stereocenters. The molecule has 17 heavy (non-hydrogen) atoms. The van der Waals surface area contributed by atoms with Crippen molar-refractivity contribution < 1.29 is 14.6 Å². The van der Waals surface area contributed by atoms with Crippen LogP contribution in [0.15, 0.2) is 29.2 Å². The summed E-state index contributed by atoms with van der Waals surface area (Å²) in [5.74, 6) is 0.0365. The largest absolute Gasteiger partial charge is 0.394 e. The Bertz CT molecular complexity index is 410. The molecule has 1 aromatic rings. The number of rotatable bonds is 4. The van der Waals surface area contributed by atoms with Crippen LogP contribution in [-0.4, -0.2) is 30.5 Å². The van der Waals surface area contributed by atoms with Gasteiger partial charge in [0.05, 0.1) is 18.9 Å². The highest BCUT2D eigenvalue weighted by atomic mass is 32.1. The lowest BCUT2D eigenvalue weighted by Crippen LogP contribution is -2.35. The van der Waals surface area contributed by atoms with Crippen molar-refractivity contribution in [3.05, 3.63) is 24.3 Å². The first kappa shape index (κ1) is 12.4. The van der Waals surface area contributed by atoms with E-state index < -0.39 is 0 Å². The van der Waals surface area contributed by atoms with E-state index >= 15 is 0 Å². The Morgan fingerprint density at radius 3 is 2.94 bits per heavy atom. The molecule has 0 aromatic heterocycles. The Kier molecular flexibility index (Phi) is 4.04. The number of benzene rings is 1. The lowest BCUT2D eigenvalue weighted by Gasteiger charge is -2.25. The van der Waals surface area contributed by atoms with E-state index in [2.05, 4.69) is 12.6 Å². The first-order valence-electron chi connectivity index (χ1n) is 5.56. The lowest BCUT2D eigenvalue weighted by molar-refractivity contribution is -0.118. The van der Waals surface area contributed by atoms with Crippen molar-refractivity contribution in [2.75, 3.05) is 18.1 Å². The topological polar surface area (TPSA) is 49.8 Å². The Hall–Kier alpha value is -1.04. The first-order chi connectivity index (χ1) is 8.24. The second-order valence-electron chi connectivity index (χ2n) is 3.84. The van der Waals surface area contributed by atoms with Crippen LogP contribution in [0.2, 0.25) is 0 Å². The minimum atomic E-state index is -0.289. The van der Waals surface area contributed by atoms with Gasteiger partial charge in [-0.2, -0.15) is 0 Å². The number of aliphatic hydroxyl groups is 1. The molecule has 1 aliphatic heterocycles. The number of carbonyl (C=O) groups excluding carboxylic acids is 1. The molecule has 1 amide bonds. The maximum Gasteiger partial charge on any atom is 0.229 e. The molecule has 5 heteroatoms. The van der Waals surface area contributed by atoms with Gasteiger partial charge in [-0.15, -0.1) is 12.6 Å². The number of aliphatic hydroxyl groups excluding tert-OH is 1. The summed E-state index contributed by atoms with van der Waals surface area (Å²) in [6.45, 7) is 0.199. The van der Waals surface area contributed by atoms with Crippen molar-refractivity contribution in [1.82, 2.24) is 0 Å². The number of hydrogen-bond donors (Lipinski definition) is 2. The maximum absolute atomic E-state index is 11.8. The second-order valence-corrected chi connectivity index (χ2v) is 4.32. The third kappa shape index (κ3) is 2.62. The Labute approximate surface area is 106 Å². The summed E-state index contributed by atoms with van der Waals surface area (Å²) in [5, 5.41) is 8.76. The normalized spacial score (nSPS) is 20.0. The molecule has 1 heterocycles. The molecular formula is C12H15NO3S. The van der Waals surface area contributed by atoms with Gasteiger partial charge in [0.1, 0.15) is 6.23 Å². The summed E-state index contributed by atoms with van der Waals surface area (Å²) in [4.78, 5) is 14.2. The minimum absolute atomic E-state index is 0.0365. The molecule has 0 spiro atoms. The molecule has 1 N–H and O–H groups in total. The molecule has 92 valence electrons. The van der Waals surface area contributed by atoms with Crippen LogP contribution in [0, 0.1) is 0 Å². The smallest absolute Gasteiger partial charge is 0.229 e. The SMILES string of the molecule is O=C1CCC(OCCO)N1c1ccccc1S. The number of amides is 1. The average molecular weight is 253 g/mol. The predicted octanol–water partition coefficient (Wildman–Crippen LogP) is 1.44. The van der Waals surface area contributed by atoms with E-state index in [-0.39, 0.29) is 25.3 Å². The molecule has 0 bridgehead atoms. The third-order valence-corrected chi connectivity index (χ3v) is 3.08. The molecule has 1 saturated heterocycles. The highest BCUT2D eigenvalue weighted by molar-refractivity contribution is 7.80. The van der Waals surface area contributed by atoms with Gasteiger partial charge in [-0.25, -0.2) is 0 Å². The van der Waals surface area contributed by atoms with Crippen LogP contribution in [-0.2, 0) is 9.53 Å². The number of anilines is 1. The molecule has 0 saturated carbocycles. The fourth-order valence-corrected chi connectivity index (χ4v) is 2.23. The van der Waals surface area contributed by atoms with E-state index in [1.54, 1.807) is 4.90 Å². The van der Waals surface area contributed by atoms with Crippen molar-refractivity contribution >= 4 is 24.2 Å². The van der Waals surface area contributed by atoms with Gasteiger partial charge in [0.2, 0.25) is 5.91 Å². The highest BCUT2D eigenvalue weighted by Gasteiger charge is 2.33. The van der Waals surface area contributed by atoms with Crippen molar-refractivity contribution in [2.45, 2.75) is 24.0 Å². The van der Waals surface area contributed by atoms with E-state index in [0.717, 1.165) is 10.6 Å². The lowest BCUT2D eigenvalue weighted by atomic mass is 10.3. The van der Waals surface area contributed by atoms with Crippen LogP contribution in [0.5, 0.6) is 0 Å². The molecule has 2 rings (SSSR count). The van der Waals surface area contributed by atoms with Gasteiger partial charge in [0.25, 0.3) is 0 Å². The fourth-order valence-electron chi connectivity index (χ4n) is 1.96. The average Bonchev–Trinajstić information content (AvgIpc) is 2.69. The monoisotopic (exact) mass is 253 g/mol. The summed E-state index contributed by atoms with van der Waals surface area (Å²) < 4.78 is 5.47. The van der Waals surface area contributed by atoms with Gasteiger partial charge < -0.3 is 9.84 Å². The number of ether oxygens (including phenoxy) is 1. The van der Waals surface area contributed by atoms with Crippen LogP contribution in [0.3, 0.4) is 0 Å². The Morgan fingerprint density at radius 1 is 1.47 bits per heavy atom. The van der Waals surface area contributed by atoms with Crippen LogP contribution in [0.4, 0.5) is 5.69 Å². The number of thiol groups is 1. The van der Waals surface area contributed by atoms with E-state index in [1.807, 2.05) is 24.3 Å². The summed E-state index contributed by atoms with van der Waals surface area (Å²) in [6, 6.07) is 7.42. The van der Waals surface area contributed by atoms with Crippen molar-refractivity contribution in [1.29, 1.82) is 0 Å². The Morgan fingerprint density at radius 2 is 2.24 bits per heavy atom. The quantitative estimate of drug-likeness (QED) is 0.798. The van der Waals surface area contributed by atoms with Crippen LogP contribution < -0.4 is 4.90 Å². The van der Waals surface area contributed by atoms with Gasteiger partial charge in [-0.05, 0) is 12.1 Å². The van der Waals surface area contributed by atoms with Crippen LogP contribution in [0.1, 0.15) is 12.8 Å². The zero-order valence-electron chi connectivity index (χ0n) is 9.37. The number of carbonyl (C=O) groups is 1. The van der Waals surface area contributed by atoms with Gasteiger partial charge in [-0.3, -0.25) is 9.69 Å². The van der Waals surface area contributed by atoms with Gasteiger partial charge >= 0.3 is 0 Å². The van der Waals surface area contributed by atoms with Crippen LogP contribution in [0.25, 0.3) is 0 Å². The summed E-state index contributed by atoms with van der Waals surface area (Å²) in [7, 11) is 0. The number of hydrogen-bond acceptors (Lipinski definition) is 4. The van der Waals surface area contributed by atoms with Crippen molar-refractivity contribution in [2.24, 2.45) is 0 Å². The number of para-hydroxylation sites is 1. The molecule has 0 radical (unpaired) electrons. The van der Waals surface area contributed by atoms with Crippen molar-refractivity contribution in [3.8, 4) is 0 Å². The van der Waals surface area contributed by atoms with Crippen molar-refractivity contribution in [3.63, 3.8) is 0 Å². The number of nitrogens with zero attached hydrogens (tertiary/aromatic N) is 1. The molecular weight excluding hydrogens is 238 g/mol. The van der Waals surface area contributed by atoms with Gasteiger partial charge in [0.15, 0.2) is 0 Å². The fraction of sp³-hybridized carbons (Fsp3) is 0.417. The molecule has 1 aromatic carbocycles. The van der Waals surface area contributed by atoms with Crippen LogP contribution >= 0.6 is 12.6 Å². The standard InChI is InChI=1S/C12H15NO3S/c14-7-8-16-12-6-5-11(15)13(12)9-3-1-2-4-10(9)17/h1-4,12,14,17H,5-8H2.